The largest absolute Gasteiger partial charge is 0.481 e. The predicted octanol–water partition coefficient (Wildman–Crippen LogP) is 1.86. The third-order valence-corrected chi connectivity index (χ3v) is 5.04. The van der Waals surface area contributed by atoms with E-state index in [-0.39, 0.29) is 16.6 Å². The van der Waals surface area contributed by atoms with Gasteiger partial charge in [-0.25, -0.2) is 0 Å². The van der Waals surface area contributed by atoms with E-state index in [2.05, 4.69) is 5.32 Å². The standard InChI is InChI=1S/C15H20F3N3O4S2/c1-2-9(11(22)23)4-6-27-14(12(19)24)7-10(3-5-25-14)21-13(26)20-8-15(16,17)18/h3,5,7,9H,2,4,6,8H2,1H3,(H2,19,24)(H,22,23)(H2,20,21,26). The zero-order chi connectivity index (χ0) is 20.7. The Labute approximate surface area is 163 Å². The highest BCUT2D eigenvalue weighted by molar-refractivity contribution is 8.01. The Hall–Kier alpha value is -1.95. The number of ether oxygens (including phenoxy) is 1. The Bertz CT molecular complexity index is 640. The fraction of sp³-hybridized carbons (Fsp3) is 0.533. The second-order valence-electron chi connectivity index (χ2n) is 5.56. The molecule has 152 valence electrons. The molecular weight excluding hydrogens is 407 g/mol. The fourth-order valence-corrected chi connectivity index (χ4v) is 3.43. The van der Waals surface area contributed by atoms with Gasteiger partial charge in [-0.15, -0.1) is 11.8 Å². The van der Waals surface area contributed by atoms with E-state index in [1.54, 1.807) is 6.92 Å². The van der Waals surface area contributed by atoms with Crippen LogP contribution in [0.1, 0.15) is 19.8 Å². The highest BCUT2D eigenvalue weighted by atomic mass is 32.2. The van der Waals surface area contributed by atoms with E-state index in [1.807, 2.05) is 5.32 Å². The van der Waals surface area contributed by atoms with Gasteiger partial charge >= 0.3 is 12.1 Å². The molecule has 1 aliphatic heterocycles. The summed E-state index contributed by atoms with van der Waals surface area (Å²) in [6.45, 7) is 0.430. The van der Waals surface area contributed by atoms with Crippen molar-refractivity contribution in [2.45, 2.75) is 30.9 Å². The molecule has 2 atom stereocenters. The topological polar surface area (TPSA) is 114 Å². The third-order valence-electron chi connectivity index (χ3n) is 3.51. The van der Waals surface area contributed by atoms with Gasteiger partial charge in [0.2, 0.25) is 0 Å². The molecule has 7 nitrogen and oxygen atoms in total. The average Bonchev–Trinajstić information content (AvgIpc) is 2.56. The number of nitrogens with two attached hydrogens (primary N) is 1. The molecule has 2 unspecified atom stereocenters. The Kier molecular flexibility index (Phi) is 8.41. The first-order valence-corrected chi connectivity index (χ1v) is 9.24. The maximum Gasteiger partial charge on any atom is 0.405 e. The number of hydrogen-bond acceptors (Lipinski definition) is 5. The van der Waals surface area contributed by atoms with Crippen LogP contribution in [-0.4, -0.2) is 45.5 Å². The van der Waals surface area contributed by atoms with Gasteiger partial charge in [0, 0.05) is 11.8 Å². The fourth-order valence-electron chi connectivity index (χ4n) is 2.06. The summed E-state index contributed by atoms with van der Waals surface area (Å²) in [5.41, 5.74) is 5.64. The van der Waals surface area contributed by atoms with E-state index in [0.29, 0.717) is 12.8 Å². The summed E-state index contributed by atoms with van der Waals surface area (Å²) in [4.78, 5) is 21.3. The minimum absolute atomic E-state index is 0.220. The van der Waals surface area contributed by atoms with Gasteiger partial charge in [-0.3, -0.25) is 9.59 Å². The number of carbonyl (C=O) groups is 2. The number of thioether (sulfide) groups is 1. The van der Waals surface area contributed by atoms with Crippen molar-refractivity contribution in [2.24, 2.45) is 11.7 Å². The molecule has 1 amide bonds. The van der Waals surface area contributed by atoms with Crippen molar-refractivity contribution in [2.75, 3.05) is 12.3 Å². The van der Waals surface area contributed by atoms with E-state index >= 15 is 0 Å². The smallest absolute Gasteiger partial charge is 0.405 e. The number of carboxylic acids is 1. The molecule has 0 radical (unpaired) electrons. The first-order valence-electron chi connectivity index (χ1n) is 7.84. The minimum Gasteiger partial charge on any atom is -0.481 e. The molecule has 0 saturated carbocycles. The average molecular weight is 427 g/mol. The summed E-state index contributed by atoms with van der Waals surface area (Å²) in [5, 5.41) is 13.3. The molecule has 0 aromatic heterocycles. The maximum atomic E-state index is 12.2. The number of nitrogens with one attached hydrogen (secondary N) is 2. The summed E-state index contributed by atoms with van der Waals surface area (Å²) in [6.07, 6.45) is 0.126. The number of alkyl halides is 3. The third kappa shape index (κ3) is 7.67. The lowest BCUT2D eigenvalue weighted by atomic mass is 10.0. The highest BCUT2D eigenvalue weighted by Crippen LogP contribution is 2.34. The number of primary amides is 1. The predicted molar refractivity (Wildman–Crippen MR) is 98.5 cm³/mol. The number of halogens is 3. The number of hydrogen-bond donors (Lipinski definition) is 4. The SMILES string of the molecule is CCC(CCSC1(C(N)=O)C=C(NC(=S)NCC(F)(F)F)C=CO1)C(=O)O. The van der Waals surface area contributed by atoms with Gasteiger partial charge in [-0.05, 0) is 36.9 Å². The molecule has 1 heterocycles. The molecule has 12 heteroatoms. The molecule has 0 aromatic rings. The van der Waals surface area contributed by atoms with Crippen LogP contribution in [0.2, 0.25) is 0 Å². The van der Waals surface area contributed by atoms with Crippen LogP contribution in [-0.2, 0) is 14.3 Å². The lowest BCUT2D eigenvalue weighted by molar-refractivity contribution is -0.141. The minimum atomic E-state index is -4.43. The Balaban J connectivity index is 2.76. The van der Waals surface area contributed by atoms with Gasteiger partial charge in [-0.2, -0.15) is 13.2 Å². The van der Waals surface area contributed by atoms with Crippen molar-refractivity contribution >= 4 is 41.0 Å². The van der Waals surface area contributed by atoms with Crippen LogP contribution >= 0.6 is 24.0 Å². The summed E-state index contributed by atoms with van der Waals surface area (Å²) in [7, 11) is 0. The second-order valence-corrected chi connectivity index (χ2v) is 7.27. The van der Waals surface area contributed by atoms with E-state index in [1.165, 1.54) is 18.4 Å². The number of rotatable bonds is 9. The molecule has 5 N–H and O–H groups in total. The molecule has 0 spiro atoms. The summed E-state index contributed by atoms with van der Waals surface area (Å²) in [6, 6.07) is 0. The molecule has 1 rings (SSSR count). The van der Waals surface area contributed by atoms with Gasteiger partial charge in [0.1, 0.15) is 6.54 Å². The normalized spacial score (nSPS) is 20.2. The van der Waals surface area contributed by atoms with Crippen LogP contribution in [0.15, 0.2) is 24.1 Å². The van der Waals surface area contributed by atoms with E-state index in [9.17, 15) is 22.8 Å². The molecule has 0 bridgehead atoms. The molecule has 0 fully saturated rings. The number of amides is 1. The van der Waals surface area contributed by atoms with Crippen molar-refractivity contribution in [1.82, 2.24) is 10.6 Å². The number of allylic oxidation sites excluding steroid dienone is 1. The molecule has 0 aliphatic carbocycles. The van der Waals surface area contributed by atoms with Crippen molar-refractivity contribution in [3.8, 4) is 0 Å². The van der Waals surface area contributed by atoms with Gasteiger partial charge < -0.3 is 26.2 Å². The zero-order valence-electron chi connectivity index (χ0n) is 14.3. The first-order chi connectivity index (χ1) is 12.5. The van der Waals surface area contributed by atoms with Gasteiger partial charge in [0.25, 0.3) is 10.8 Å². The van der Waals surface area contributed by atoms with E-state index in [0.717, 1.165) is 11.8 Å². The Morgan fingerprint density at radius 3 is 2.67 bits per heavy atom. The lowest BCUT2D eigenvalue weighted by Crippen LogP contribution is -2.45. The van der Waals surface area contributed by atoms with E-state index < -0.39 is 35.4 Å². The van der Waals surface area contributed by atoms with Crippen molar-refractivity contribution in [3.05, 3.63) is 24.1 Å². The van der Waals surface area contributed by atoms with Gasteiger partial charge in [0.05, 0.1) is 12.2 Å². The lowest BCUT2D eigenvalue weighted by Gasteiger charge is -2.30. The Morgan fingerprint density at radius 1 is 1.48 bits per heavy atom. The second kappa shape index (κ2) is 9.83. The monoisotopic (exact) mass is 427 g/mol. The number of carboxylic acid groups (broad SMARTS) is 1. The molecule has 0 aromatic carbocycles. The van der Waals surface area contributed by atoms with Crippen LogP contribution in [0.3, 0.4) is 0 Å². The maximum absolute atomic E-state index is 12.2. The number of thiocarbonyl (C=S) groups is 1. The number of carbonyl (C=O) groups excluding carboxylic acids is 1. The van der Waals surface area contributed by atoms with Crippen LogP contribution in [0.4, 0.5) is 13.2 Å². The zero-order valence-corrected chi connectivity index (χ0v) is 16.0. The van der Waals surface area contributed by atoms with Crippen molar-refractivity contribution in [3.63, 3.8) is 0 Å². The van der Waals surface area contributed by atoms with Crippen LogP contribution in [0, 0.1) is 5.92 Å². The van der Waals surface area contributed by atoms with Gasteiger partial charge in [0.15, 0.2) is 5.11 Å². The van der Waals surface area contributed by atoms with Crippen molar-refractivity contribution < 1.29 is 32.6 Å². The molecule has 1 aliphatic rings. The Morgan fingerprint density at radius 2 is 2.15 bits per heavy atom. The van der Waals surface area contributed by atoms with E-state index in [4.69, 9.17) is 27.8 Å². The summed E-state index contributed by atoms with van der Waals surface area (Å²) < 4.78 is 42.0. The molecule has 0 saturated heterocycles. The summed E-state index contributed by atoms with van der Waals surface area (Å²) in [5.74, 6) is -2.08. The van der Waals surface area contributed by atoms with Crippen LogP contribution in [0.5, 0.6) is 0 Å². The van der Waals surface area contributed by atoms with Crippen LogP contribution in [0.25, 0.3) is 0 Å². The summed E-state index contributed by atoms with van der Waals surface area (Å²) >= 11 is 5.77. The molecule has 27 heavy (non-hydrogen) atoms. The van der Waals surface area contributed by atoms with Crippen molar-refractivity contribution in [1.29, 1.82) is 0 Å². The van der Waals surface area contributed by atoms with Crippen LogP contribution < -0.4 is 16.4 Å². The number of aliphatic carboxylic acids is 1. The first kappa shape index (κ1) is 23.1. The quantitative estimate of drug-likeness (QED) is 0.413. The van der Waals surface area contributed by atoms with Gasteiger partial charge in [-0.1, -0.05) is 6.92 Å². The highest BCUT2D eigenvalue weighted by Gasteiger charge is 2.39. The molecular formula is C15H20F3N3O4S2.